The Kier molecular flexibility index (Phi) is 6.51. The lowest BCUT2D eigenvalue weighted by molar-refractivity contribution is 0.671. The van der Waals surface area contributed by atoms with E-state index in [0.717, 1.165) is 61.3 Å². The maximum absolute atomic E-state index is 6.82. The van der Waals surface area contributed by atoms with Gasteiger partial charge >= 0.3 is 0 Å². The molecule has 44 heavy (non-hydrogen) atoms. The Morgan fingerprint density at radius 3 is 1.45 bits per heavy atom. The Morgan fingerprint density at radius 1 is 0.318 bits per heavy atom. The number of nitrogens with zero attached hydrogens (tertiary/aromatic N) is 1. The van der Waals surface area contributed by atoms with E-state index in [1.54, 1.807) is 0 Å². The molecule has 0 unspecified atom stereocenters. The van der Waals surface area contributed by atoms with Gasteiger partial charge in [0.1, 0.15) is 11.2 Å². The molecule has 0 spiro atoms. The van der Waals surface area contributed by atoms with Crippen molar-refractivity contribution in [2.45, 2.75) is 0 Å². The molecule has 0 radical (unpaired) electrons. The number of fused-ring (bicyclic) bond motifs is 3. The van der Waals surface area contributed by atoms with Gasteiger partial charge in [0, 0.05) is 39.0 Å². The number of benzene rings is 7. The third-order valence-corrected chi connectivity index (χ3v) is 8.26. The smallest absolute Gasteiger partial charge is 0.143 e. The van der Waals surface area contributed by atoms with Crippen molar-refractivity contribution < 1.29 is 4.42 Å². The summed E-state index contributed by atoms with van der Waals surface area (Å²) in [7, 11) is 0. The van der Waals surface area contributed by atoms with E-state index in [-0.39, 0.29) is 0 Å². The molecule has 0 saturated heterocycles. The fraction of sp³-hybridized carbons (Fsp3) is 0. The standard InChI is InChI=1S/C42H29NO/c1-5-14-30(15-6-1)31-24-26-35(27-25-31)43(34-20-11-4-12-21-34)36-28-39(33-18-9-3-10-19-33)42-40(29-36)38-23-13-22-37(41(38)44-42)32-16-7-2-8-17-32/h1-29H. The van der Waals surface area contributed by atoms with Gasteiger partial charge in [0.05, 0.1) is 0 Å². The number of anilines is 3. The number of furan rings is 1. The summed E-state index contributed by atoms with van der Waals surface area (Å²) in [5.74, 6) is 0. The number of para-hydroxylation sites is 2. The first kappa shape index (κ1) is 25.8. The zero-order valence-corrected chi connectivity index (χ0v) is 24.1. The van der Waals surface area contributed by atoms with Gasteiger partial charge in [-0.25, -0.2) is 0 Å². The molecule has 0 amide bonds. The lowest BCUT2D eigenvalue weighted by Gasteiger charge is -2.26. The summed E-state index contributed by atoms with van der Waals surface area (Å²) in [6.45, 7) is 0. The third-order valence-electron chi connectivity index (χ3n) is 8.26. The van der Waals surface area contributed by atoms with Crippen LogP contribution in [0.5, 0.6) is 0 Å². The third kappa shape index (κ3) is 4.63. The van der Waals surface area contributed by atoms with Crippen LogP contribution in [0.2, 0.25) is 0 Å². The molecule has 8 rings (SSSR count). The minimum atomic E-state index is 0.894. The van der Waals surface area contributed by atoms with Crippen molar-refractivity contribution in [3.8, 4) is 33.4 Å². The van der Waals surface area contributed by atoms with Crippen LogP contribution in [-0.4, -0.2) is 0 Å². The van der Waals surface area contributed by atoms with E-state index in [0.29, 0.717) is 0 Å². The topological polar surface area (TPSA) is 16.4 Å². The molecule has 0 aliphatic heterocycles. The Balaban J connectivity index is 1.37. The average Bonchev–Trinajstić information content (AvgIpc) is 3.49. The maximum atomic E-state index is 6.82. The molecule has 2 nitrogen and oxygen atoms in total. The molecule has 0 aliphatic rings. The molecule has 7 aromatic carbocycles. The summed E-state index contributed by atoms with van der Waals surface area (Å²) in [5, 5.41) is 2.20. The summed E-state index contributed by atoms with van der Waals surface area (Å²) >= 11 is 0. The van der Waals surface area contributed by atoms with Crippen molar-refractivity contribution in [3.63, 3.8) is 0 Å². The molecule has 2 heteroatoms. The first-order valence-corrected chi connectivity index (χ1v) is 14.9. The molecule has 0 atom stereocenters. The highest BCUT2D eigenvalue weighted by Crippen LogP contribution is 2.45. The van der Waals surface area contributed by atoms with E-state index in [4.69, 9.17) is 4.42 Å². The largest absolute Gasteiger partial charge is 0.455 e. The first-order chi connectivity index (χ1) is 21.8. The van der Waals surface area contributed by atoms with Crippen LogP contribution in [0, 0.1) is 0 Å². The van der Waals surface area contributed by atoms with Crippen LogP contribution < -0.4 is 4.90 Å². The molecule has 8 aromatic rings. The van der Waals surface area contributed by atoms with Crippen molar-refractivity contribution in [2.75, 3.05) is 4.90 Å². The maximum Gasteiger partial charge on any atom is 0.143 e. The van der Waals surface area contributed by atoms with Crippen LogP contribution in [0.4, 0.5) is 17.1 Å². The predicted molar refractivity (Wildman–Crippen MR) is 185 cm³/mol. The number of rotatable bonds is 6. The van der Waals surface area contributed by atoms with Gasteiger partial charge in [-0.2, -0.15) is 0 Å². The summed E-state index contributed by atoms with van der Waals surface area (Å²) in [4.78, 5) is 2.33. The minimum absolute atomic E-state index is 0.894. The van der Waals surface area contributed by atoms with Crippen LogP contribution in [0.1, 0.15) is 0 Å². The summed E-state index contributed by atoms with van der Waals surface area (Å²) in [6, 6.07) is 61.9. The van der Waals surface area contributed by atoms with E-state index in [2.05, 4.69) is 175 Å². The lowest BCUT2D eigenvalue weighted by Crippen LogP contribution is -2.10. The highest BCUT2D eigenvalue weighted by atomic mass is 16.3. The summed E-state index contributed by atoms with van der Waals surface area (Å²) < 4.78 is 6.82. The average molecular weight is 564 g/mol. The van der Waals surface area contributed by atoms with E-state index in [1.807, 2.05) is 6.07 Å². The van der Waals surface area contributed by atoms with E-state index >= 15 is 0 Å². The highest BCUT2D eigenvalue weighted by Gasteiger charge is 2.21. The van der Waals surface area contributed by atoms with Crippen molar-refractivity contribution in [1.82, 2.24) is 0 Å². The Morgan fingerprint density at radius 2 is 0.818 bits per heavy atom. The first-order valence-electron chi connectivity index (χ1n) is 14.9. The van der Waals surface area contributed by atoms with Gasteiger partial charge in [-0.1, -0.05) is 140 Å². The molecule has 0 N–H and O–H groups in total. The van der Waals surface area contributed by atoms with Crippen molar-refractivity contribution in [2.24, 2.45) is 0 Å². The van der Waals surface area contributed by atoms with Crippen molar-refractivity contribution >= 4 is 39.0 Å². The molecule has 1 heterocycles. The quantitative estimate of drug-likeness (QED) is 0.200. The van der Waals surface area contributed by atoms with Gasteiger partial charge in [-0.3, -0.25) is 0 Å². The zero-order valence-electron chi connectivity index (χ0n) is 24.1. The molecule has 0 saturated carbocycles. The SMILES string of the molecule is c1ccc(-c2ccc(N(c3ccccc3)c3cc(-c4ccccc4)c4oc5c(-c6ccccc6)cccc5c4c3)cc2)cc1. The minimum Gasteiger partial charge on any atom is -0.455 e. The number of hydrogen-bond acceptors (Lipinski definition) is 2. The van der Waals surface area contributed by atoms with Crippen LogP contribution in [0.3, 0.4) is 0 Å². The second-order valence-corrected chi connectivity index (χ2v) is 11.0. The molecule has 0 aliphatic carbocycles. The van der Waals surface area contributed by atoms with Gasteiger partial charge in [0.15, 0.2) is 0 Å². The fourth-order valence-corrected chi connectivity index (χ4v) is 6.15. The molecule has 208 valence electrons. The normalized spacial score (nSPS) is 11.2. The van der Waals surface area contributed by atoms with Gasteiger partial charge < -0.3 is 9.32 Å². The van der Waals surface area contributed by atoms with Crippen LogP contribution in [0.15, 0.2) is 180 Å². The van der Waals surface area contributed by atoms with Gasteiger partial charge in [-0.05, 0) is 58.7 Å². The number of hydrogen-bond donors (Lipinski definition) is 0. The second-order valence-electron chi connectivity index (χ2n) is 11.0. The van der Waals surface area contributed by atoms with E-state index in [9.17, 15) is 0 Å². The highest BCUT2D eigenvalue weighted by molar-refractivity contribution is 6.14. The molecular weight excluding hydrogens is 534 g/mol. The Hall–Kier alpha value is -5.86. The predicted octanol–water partition coefficient (Wildman–Crippen LogP) is 12.1. The van der Waals surface area contributed by atoms with Gasteiger partial charge in [0.25, 0.3) is 0 Å². The summed E-state index contributed by atoms with van der Waals surface area (Å²) in [6.07, 6.45) is 0. The molecule has 0 bridgehead atoms. The van der Waals surface area contributed by atoms with Crippen molar-refractivity contribution in [3.05, 3.63) is 176 Å². The summed E-state index contributed by atoms with van der Waals surface area (Å²) in [5.41, 5.74) is 11.9. The monoisotopic (exact) mass is 563 g/mol. The van der Waals surface area contributed by atoms with Crippen LogP contribution in [0.25, 0.3) is 55.3 Å². The molecule has 0 fully saturated rings. The van der Waals surface area contributed by atoms with Gasteiger partial charge in [0.2, 0.25) is 0 Å². The lowest BCUT2D eigenvalue weighted by atomic mass is 9.98. The molecular formula is C42H29NO. The zero-order chi connectivity index (χ0) is 29.3. The molecule has 1 aromatic heterocycles. The Labute approximate surface area is 257 Å². The van der Waals surface area contributed by atoms with E-state index in [1.165, 1.54) is 11.1 Å². The van der Waals surface area contributed by atoms with E-state index < -0.39 is 0 Å². The second kappa shape index (κ2) is 11.1. The van der Waals surface area contributed by atoms with Crippen LogP contribution >= 0.6 is 0 Å². The Bertz CT molecular complexity index is 2180. The fourth-order valence-electron chi connectivity index (χ4n) is 6.15. The van der Waals surface area contributed by atoms with Crippen LogP contribution in [-0.2, 0) is 0 Å². The van der Waals surface area contributed by atoms with Crippen molar-refractivity contribution in [1.29, 1.82) is 0 Å². The van der Waals surface area contributed by atoms with Gasteiger partial charge in [-0.15, -0.1) is 0 Å².